The van der Waals surface area contributed by atoms with Gasteiger partial charge >= 0.3 is 0 Å². The topological polar surface area (TPSA) is 74.3 Å². The standard InChI is InChI=1S/C21H31N3O4/c1-27-20-13-17(14-24-11-7-21(26)22-8-12-24)5-6-19(20)28-16-18(25)15-23-9-3-2-4-10-23/h2-3,5-6,13,18,25H,4,7-12,14-16H2,1H3,(H,22,26). The predicted molar refractivity (Wildman–Crippen MR) is 108 cm³/mol. The average Bonchev–Trinajstić information content (AvgIpc) is 2.91. The van der Waals surface area contributed by atoms with Gasteiger partial charge in [0.2, 0.25) is 5.91 Å². The molecule has 1 unspecified atom stereocenters. The zero-order valence-electron chi connectivity index (χ0n) is 16.6. The summed E-state index contributed by atoms with van der Waals surface area (Å²) < 4.78 is 11.3. The van der Waals surface area contributed by atoms with Crippen molar-refractivity contribution in [1.29, 1.82) is 0 Å². The summed E-state index contributed by atoms with van der Waals surface area (Å²) in [4.78, 5) is 15.9. The van der Waals surface area contributed by atoms with Crippen LogP contribution in [0, 0.1) is 0 Å². The van der Waals surface area contributed by atoms with Gasteiger partial charge in [-0.05, 0) is 24.1 Å². The number of benzene rings is 1. The van der Waals surface area contributed by atoms with E-state index >= 15 is 0 Å². The fourth-order valence-electron chi connectivity index (χ4n) is 3.55. The monoisotopic (exact) mass is 389 g/mol. The molecular formula is C21H31N3O4. The van der Waals surface area contributed by atoms with Crippen molar-refractivity contribution in [2.24, 2.45) is 0 Å². The van der Waals surface area contributed by atoms with E-state index in [1.54, 1.807) is 7.11 Å². The van der Waals surface area contributed by atoms with Crippen LogP contribution < -0.4 is 14.8 Å². The summed E-state index contributed by atoms with van der Waals surface area (Å²) in [7, 11) is 1.62. The Labute approximate surface area is 166 Å². The van der Waals surface area contributed by atoms with Crippen molar-refractivity contribution in [2.75, 3.05) is 53.0 Å². The number of ether oxygens (including phenoxy) is 2. The molecule has 1 aromatic carbocycles. The Kier molecular flexibility index (Phi) is 7.71. The molecular weight excluding hydrogens is 358 g/mol. The molecule has 1 amide bonds. The van der Waals surface area contributed by atoms with E-state index in [4.69, 9.17) is 9.47 Å². The highest BCUT2D eigenvalue weighted by atomic mass is 16.5. The van der Waals surface area contributed by atoms with Gasteiger partial charge in [-0.15, -0.1) is 0 Å². The second-order valence-electron chi connectivity index (χ2n) is 7.35. The van der Waals surface area contributed by atoms with E-state index in [1.165, 1.54) is 0 Å². The fraction of sp³-hybridized carbons (Fsp3) is 0.571. The number of rotatable bonds is 8. The van der Waals surface area contributed by atoms with E-state index in [0.717, 1.165) is 44.7 Å². The molecule has 7 heteroatoms. The molecule has 1 saturated heterocycles. The van der Waals surface area contributed by atoms with Crippen LogP contribution in [0.2, 0.25) is 0 Å². The van der Waals surface area contributed by atoms with Gasteiger partial charge in [-0.2, -0.15) is 0 Å². The number of hydrogen-bond donors (Lipinski definition) is 2. The molecule has 3 rings (SSSR count). The number of β-amino-alcohol motifs (C(OH)–C–C–N with tert-alkyl or cyclic N) is 1. The summed E-state index contributed by atoms with van der Waals surface area (Å²) in [6.07, 6.45) is 5.33. The van der Waals surface area contributed by atoms with E-state index in [9.17, 15) is 9.90 Å². The second-order valence-corrected chi connectivity index (χ2v) is 7.35. The lowest BCUT2D eigenvalue weighted by Crippen LogP contribution is -2.37. The summed E-state index contributed by atoms with van der Waals surface area (Å²) in [5.74, 6) is 1.41. The Morgan fingerprint density at radius 1 is 1.18 bits per heavy atom. The van der Waals surface area contributed by atoms with Crippen molar-refractivity contribution < 1.29 is 19.4 Å². The molecule has 0 saturated carbocycles. The van der Waals surface area contributed by atoms with Crippen LogP contribution in [0.25, 0.3) is 0 Å². The van der Waals surface area contributed by atoms with Crippen LogP contribution in [-0.2, 0) is 11.3 Å². The van der Waals surface area contributed by atoms with Crippen LogP contribution in [-0.4, -0.2) is 79.9 Å². The smallest absolute Gasteiger partial charge is 0.221 e. The molecule has 2 heterocycles. The lowest BCUT2D eigenvalue weighted by atomic mass is 10.2. The van der Waals surface area contributed by atoms with Gasteiger partial charge in [-0.3, -0.25) is 14.6 Å². The Bertz CT molecular complexity index is 680. The minimum absolute atomic E-state index is 0.114. The first-order valence-electron chi connectivity index (χ1n) is 9.98. The number of nitrogens with zero attached hydrogens (tertiary/aromatic N) is 2. The molecule has 2 N–H and O–H groups in total. The number of methoxy groups -OCH3 is 1. The van der Waals surface area contributed by atoms with E-state index in [0.29, 0.717) is 31.0 Å². The predicted octanol–water partition coefficient (Wildman–Crippen LogP) is 1.02. The van der Waals surface area contributed by atoms with Crippen LogP contribution in [0.1, 0.15) is 18.4 Å². The summed E-state index contributed by atoms with van der Waals surface area (Å²) >= 11 is 0. The summed E-state index contributed by atoms with van der Waals surface area (Å²) in [6, 6.07) is 5.88. The lowest BCUT2D eigenvalue weighted by Gasteiger charge is -2.25. The molecule has 7 nitrogen and oxygen atoms in total. The van der Waals surface area contributed by atoms with Gasteiger partial charge in [0.25, 0.3) is 0 Å². The normalized spacial score (nSPS) is 19.7. The van der Waals surface area contributed by atoms with Crippen molar-refractivity contribution in [3.05, 3.63) is 35.9 Å². The number of aliphatic hydroxyl groups is 1. The van der Waals surface area contributed by atoms with Gasteiger partial charge in [0, 0.05) is 52.2 Å². The van der Waals surface area contributed by atoms with Crippen molar-refractivity contribution in [1.82, 2.24) is 15.1 Å². The maximum absolute atomic E-state index is 11.5. The van der Waals surface area contributed by atoms with Gasteiger partial charge in [-0.1, -0.05) is 18.2 Å². The maximum Gasteiger partial charge on any atom is 0.221 e. The minimum atomic E-state index is -0.544. The van der Waals surface area contributed by atoms with Crippen molar-refractivity contribution >= 4 is 5.91 Å². The van der Waals surface area contributed by atoms with Gasteiger partial charge in [0.05, 0.1) is 7.11 Å². The van der Waals surface area contributed by atoms with E-state index in [-0.39, 0.29) is 12.5 Å². The third kappa shape index (κ3) is 6.22. The zero-order valence-corrected chi connectivity index (χ0v) is 16.6. The van der Waals surface area contributed by atoms with Crippen LogP contribution >= 0.6 is 0 Å². The van der Waals surface area contributed by atoms with Crippen LogP contribution in [0.3, 0.4) is 0 Å². The van der Waals surface area contributed by atoms with Gasteiger partial charge in [0.15, 0.2) is 11.5 Å². The first-order valence-corrected chi connectivity index (χ1v) is 9.98. The zero-order chi connectivity index (χ0) is 19.8. The van der Waals surface area contributed by atoms with Crippen LogP contribution in [0.5, 0.6) is 11.5 Å². The van der Waals surface area contributed by atoms with Crippen LogP contribution in [0.15, 0.2) is 30.4 Å². The SMILES string of the molecule is COc1cc(CN2CCNC(=O)CC2)ccc1OCC(O)CN1CC=CCC1. The Hall–Kier alpha value is -2.09. The first kappa shape index (κ1) is 20.6. The van der Waals surface area contributed by atoms with Crippen molar-refractivity contribution in [2.45, 2.75) is 25.5 Å². The highest BCUT2D eigenvalue weighted by Gasteiger charge is 2.16. The van der Waals surface area contributed by atoms with E-state index < -0.39 is 6.10 Å². The Morgan fingerprint density at radius 3 is 2.86 bits per heavy atom. The molecule has 0 bridgehead atoms. The molecule has 1 aromatic rings. The highest BCUT2D eigenvalue weighted by molar-refractivity contribution is 5.76. The third-order valence-corrected chi connectivity index (χ3v) is 5.08. The number of amides is 1. The summed E-state index contributed by atoms with van der Waals surface area (Å²) in [5.41, 5.74) is 1.11. The number of carbonyl (C=O) groups excluding carboxylic acids is 1. The molecule has 0 spiro atoms. The Morgan fingerprint density at radius 2 is 2.07 bits per heavy atom. The molecule has 2 aliphatic heterocycles. The first-order chi connectivity index (χ1) is 13.6. The molecule has 154 valence electrons. The summed E-state index contributed by atoms with van der Waals surface area (Å²) in [6.45, 7) is 5.73. The second kappa shape index (κ2) is 10.5. The molecule has 0 radical (unpaired) electrons. The molecule has 2 aliphatic rings. The van der Waals surface area contributed by atoms with Crippen molar-refractivity contribution in [3.63, 3.8) is 0 Å². The highest BCUT2D eigenvalue weighted by Crippen LogP contribution is 2.29. The van der Waals surface area contributed by atoms with E-state index in [2.05, 4.69) is 27.3 Å². The minimum Gasteiger partial charge on any atom is -0.493 e. The lowest BCUT2D eigenvalue weighted by molar-refractivity contribution is -0.120. The number of hydrogen-bond acceptors (Lipinski definition) is 6. The largest absolute Gasteiger partial charge is 0.493 e. The van der Waals surface area contributed by atoms with Gasteiger partial charge in [0.1, 0.15) is 12.7 Å². The van der Waals surface area contributed by atoms with Crippen LogP contribution in [0.4, 0.5) is 0 Å². The molecule has 1 fully saturated rings. The van der Waals surface area contributed by atoms with E-state index in [1.807, 2.05) is 18.2 Å². The maximum atomic E-state index is 11.5. The number of carbonyl (C=O) groups is 1. The number of nitrogens with one attached hydrogen (secondary N) is 1. The van der Waals surface area contributed by atoms with Gasteiger partial charge < -0.3 is 19.9 Å². The third-order valence-electron chi connectivity index (χ3n) is 5.08. The van der Waals surface area contributed by atoms with Gasteiger partial charge in [-0.25, -0.2) is 0 Å². The average molecular weight is 389 g/mol. The molecule has 0 aliphatic carbocycles. The quantitative estimate of drug-likeness (QED) is 0.647. The Balaban J connectivity index is 1.52. The summed E-state index contributed by atoms with van der Waals surface area (Å²) in [5, 5.41) is 13.2. The van der Waals surface area contributed by atoms with Crippen molar-refractivity contribution in [3.8, 4) is 11.5 Å². The number of aliphatic hydroxyl groups excluding tert-OH is 1. The molecule has 1 atom stereocenters. The molecule has 28 heavy (non-hydrogen) atoms. The molecule has 0 aromatic heterocycles. The fourth-order valence-corrected chi connectivity index (χ4v) is 3.55.